The molecule has 4 heterocycles. The van der Waals surface area contributed by atoms with Gasteiger partial charge in [0.15, 0.2) is 0 Å². The molecule has 5 nitrogen and oxygen atoms in total. The maximum absolute atomic E-state index is 10.6. The average Bonchev–Trinajstić information content (AvgIpc) is 2.70. The number of hydrogen-bond acceptors (Lipinski definition) is 4. The molecule has 0 spiro atoms. The van der Waals surface area contributed by atoms with Crippen LogP contribution in [-0.2, 0) is 7.05 Å². The number of hydrogen-bond donors (Lipinski definition) is 1. The zero-order valence-corrected chi connectivity index (χ0v) is 11.5. The molecule has 4 rings (SSSR count). The van der Waals surface area contributed by atoms with Gasteiger partial charge in [-0.2, -0.15) is 5.10 Å². The van der Waals surface area contributed by atoms with E-state index in [0.717, 1.165) is 42.9 Å². The molecule has 3 fully saturated rings. The van der Waals surface area contributed by atoms with E-state index in [4.69, 9.17) is 0 Å². The molecule has 3 aliphatic rings. The van der Waals surface area contributed by atoms with Crippen molar-refractivity contribution in [1.82, 2.24) is 19.6 Å². The van der Waals surface area contributed by atoms with Gasteiger partial charge in [-0.05, 0) is 15.9 Å². The number of aromatic nitrogens is 2. The molecule has 1 aromatic heterocycles. The van der Waals surface area contributed by atoms with Gasteiger partial charge in [-0.3, -0.25) is 14.5 Å². The van der Waals surface area contributed by atoms with Crippen molar-refractivity contribution in [2.24, 2.45) is 7.05 Å². The number of aliphatic hydroxyl groups excluding tert-OH is 1. The number of rotatable bonds is 2. The fourth-order valence-electron chi connectivity index (χ4n) is 2.89. The summed E-state index contributed by atoms with van der Waals surface area (Å²) in [7, 11) is 1.88. The van der Waals surface area contributed by atoms with Crippen LogP contribution in [0.3, 0.4) is 0 Å². The van der Waals surface area contributed by atoms with E-state index >= 15 is 0 Å². The lowest BCUT2D eigenvalue weighted by Gasteiger charge is -2.49. The Morgan fingerprint density at radius 3 is 2.59 bits per heavy atom. The topological polar surface area (TPSA) is 44.5 Å². The highest BCUT2D eigenvalue weighted by molar-refractivity contribution is 9.10. The fraction of sp³-hybridized carbons (Fsp3) is 0.727. The minimum atomic E-state index is -0.472. The van der Waals surface area contributed by atoms with E-state index in [1.54, 1.807) is 10.9 Å². The van der Waals surface area contributed by atoms with Gasteiger partial charge in [0.1, 0.15) is 6.10 Å². The minimum absolute atomic E-state index is 0.198. The van der Waals surface area contributed by atoms with Crippen molar-refractivity contribution in [2.45, 2.75) is 12.1 Å². The number of aliphatic hydroxyl groups is 1. The molecular formula is C11H17BrN4O. The second-order valence-electron chi connectivity index (χ2n) is 4.85. The number of halogens is 1. The number of piperazine rings is 3. The maximum Gasteiger partial charge on any atom is 0.113 e. The molecule has 2 bridgehead atoms. The van der Waals surface area contributed by atoms with Crippen LogP contribution in [0, 0.1) is 0 Å². The van der Waals surface area contributed by atoms with Gasteiger partial charge in [-0.25, -0.2) is 0 Å². The van der Waals surface area contributed by atoms with Gasteiger partial charge >= 0.3 is 0 Å². The Labute approximate surface area is 109 Å². The Hall–Kier alpha value is -0.430. The summed E-state index contributed by atoms with van der Waals surface area (Å²) in [6, 6.07) is 0.198. The van der Waals surface area contributed by atoms with Crippen molar-refractivity contribution in [2.75, 3.05) is 32.7 Å². The van der Waals surface area contributed by atoms with E-state index in [1.165, 1.54) is 0 Å². The highest BCUT2D eigenvalue weighted by atomic mass is 79.9. The average molecular weight is 301 g/mol. The Kier molecular flexibility index (Phi) is 2.98. The first-order valence-electron chi connectivity index (χ1n) is 5.98. The molecule has 0 radical (unpaired) electrons. The van der Waals surface area contributed by atoms with Crippen molar-refractivity contribution in [1.29, 1.82) is 0 Å². The molecule has 0 aromatic carbocycles. The van der Waals surface area contributed by atoms with Crippen LogP contribution in [0.15, 0.2) is 10.7 Å². The van der Waals surface area contributed by atoms with E-state index in [1.807, 2.05) is 7.05 Å². The van der Waals surface area contributed by atoms with Gasteiger partial charge in [0.2, 0.25) is 0 Å². The molecule has 2 unspecified atom stereocenters. The molecule has 3 saturated heterocycles. The highest BCUT2D eigenvalue weighted by Gasteiger charge is 2.38. The lowest BCUT2D eigenvalue weighted by molar-refractivity contribution is -0.0495. The molecule has 0 amide bonds. The molecule has 1 N–H and O–H groups in total. The van der Waals surface area contributed by atoms with Crippen LogP contribution < -0.4 is 0 Å². The van der Waals surface area contributed by atoms with Crippen LogP contribution in [0.4, 0.5) is 0 Å². The third kappa shape index (κ3) is 1.93. The SMILES string of the molecule is Cn1ncc(Br)c1C(O)C1CN2CCN1CC2. The Balaban J connectivity index is 1.85. The third-order valence-corrected chi connectivity index (χ3v) is 4.51. The van der Waals surface area contributed by atoms with E-state index in [9.17, 15) is 5.11 Å². The lowest BCUT2D eigenvalue weighted by Crippen LogP contribution is -2.62. The first-order chi connectivity index (χ1) is 8.16. The van der Waals surface area contributed by atoms with Crippen LogP contribution in [-0.4, -0.2) is 63.5 Å². The number of nitrogens with zero attached hydrogens (tertiary/aromatic N) is 4. The summed E-state index contributed by atoms with van der Waals surface area (Å²) in [5.41, 5.74) is 0.878. The monoisotopic (exact) mass is 300 g/mol. The maximum atomic E-state index is 10.6. The van der Waals surface area contributed by atoms with Crippen molar-refractivity contribution in [3.05, 3.63) is 16.4 Å². The molecule has 0 saturated carbocycles. The first kappa shape index (κ1) is 11.6. The summed E-state index contributed by atoms with van der Waals surface area (Å²) in [5, 5.41) is 14.7. The van der Waals surface area contributed by atoms with Crippen LogP contribution in [0.1, 0.15) is 11.8 Å². The largest absolute Gasteiger partial charge is 0.385 e. The Bertz CT molecular complexity index is 394. The molecule has 2 atom stereocenters. The van der Waals surface area contributed by atoms with Gasteiger partial charge in [-0.1, -0.05) is 0 Å². The van der Waals surface area contributed by atoms with Gasteiger partial charge in [0.25, 0.3) is 0 Å². The molecule has 17 heavy (non-hydrogen) atoms. The Morgan fingerprint density at radius 2 is 2.12 bits per heavy atom. The second kappa shape index (κ2) is 4.35. The van der Waals surface area contributed by atoms with Crippen LogP contribution in [0.5, 0.6) is 0 Å². The van der Waals surface area contributed by atoms with Gasteiger partial charge in [-0.15, -0.1) is 0 Å². The summed E-state index contributed by atoms with van der Waals surface area (Å²) < 4.78 is 2.65. The summed E-state index contributed by atoms with van der Waals surface area (Å²) in [4.78, 5) is 4.82. The zero-order chi connectivity index (χ0) is 12.0. The predicted octanol–water partition coefficient (Wildman–Crippen LogP) is 0.216. The van der Waals surface area contributed by atoms with E-state index in [2.05, 4.69) is 30.8 Å². The molecule has 3 aliphatic heterocycles. The number of aryl methyl sites for hydroxylation is 1. The third-order valence-electron chi connectivity index (χ3n) is 3.90. The van der Waals surface area contributed by atoms with Gasteiger partial charge in [0, 0.05) is 39.8 Å². The van der Waals surface area contributed by atoms with Crippen molar-refractivity contribution in [3.8, 4) is 0 Å². The van der Waals surface area contributed by atoms with Crippen LogP contribution in [0.25, 0.3) is 0 Å². The molecule has 0 aliphatic carbocycles. The smallest absolute Gasteiger partial charge is 0.113 e. The number of fused-ring (bicyclic) bond motifs is 3. The van der Waals surface area contributed by atoms with Gasteiger partial charge in [0.05, 0.1) is 22.4 Å². The quantitative estimate of drug-likeness (QED) is 0.848. The van der Waals surface area contributed by atoms with Gasteiger partial charge < -0.3 is 5.11 Å². The van der Waals surface area contributed by atoms with Crippen molar-refractivity contribution >= 4 is 15.9 Å². The Morgan fingerprint density at radius 1 is 1.41 bits per heavy atom. The minimum Gasteiger partial charge on any atom is -0.385 e. The lowest BCUT2D eigenvalue weighted by atomic mass is 10.00. The first-order valence-corrected chi connectivity index (χ1v) is 6.78. The van der Waals surface area contributed by atoms with E-state index in [-0.39, 0.29) is 6.04 Å². The molecule has 1 aromatic rings. The summed E-state index contributed by atoms with van der Waals surface area (Å²) >= 11 is 3.46. The van der Waals surface area contributed by atoms with E-state index < -0.39 is 6.10 Å². The predicted molar refractivity (Wildman–Crippen MR) is 67.7 cm³/mol. The van der Waals surface area contributed by atoms with Crippen LogP contribution in [0.2, 0.25) is 0 Å². The van der Waals surface area contributed by atoms with E-state index in [0.29, 0.717) is 0 Å². The summed E-state index contributed by atoms with van der Waals surface area (Å²) in [6.45, 7) is 5.36. The fourth-order valence-corrected chi connectivity index (χ4v) is 3.47. The van der Waals surface area contributed by atoms with Crippen molar-refractivity contribution < 1.29 is 5.11 Å². The molecule has 94 valence electrons. The second-order valence-corrected chi connectivity index (χ2v) is 5.70. The molecular weight excluding hydrogens is 284 g/mol. The standard InChI is InChI=1S/C11H17BrN4O/c1-14-10(8(12)6-13-14)11(17)9-7-15-2-4-16(9)5-3-15/h6,9,11,17H,2-5,7H2,1H3. The molecule has 6 heteroatoms. The zero-order valence-electron chi connectivity index (χ0n) is 9.88. The summed E-state index contributed by atoms with van der Waals surface area (Å²) in [6.07, 6.45) is 1.27. The highest BCUT2D eigenvalue weighted by Crippen LogP contribution is 2.30. The van der Waals surface area contributed by atoms with Crippen LogP contribution >= 0.6 is 15.9 Å². The summed E-state index contributed by atoms with van der Waals surface area (Å²) in [5.74, 6) is 0. The normalized spacial score (nSPS) is 33.9. The van der Waals surface area contributed by atoms with Crippen molar-refractivity contribution in [3.63, 3.8) is 0 Å².